The molecule has 1 aliphatic rings. The summed E-state index contributed by atoms with van der Waals surface area (Å²) in [7, 11) is 0. The third kappa shape index (κ3) is 2.48. The average molecular weight is 312 g/mol. The van der Waals surface area contributed by atoms with Crippen molar-refractivity contribution >= 4 is 17.5 Å². The van der Waals surface area contributed by atoms with Gasteiger partial charge in [0.1, 0.15) is 6.10 Å². The molecule has 2 aromatic rings. The summed E-state index contributed by atoms with van der Waals surface area (Å²) in [5.74, 6) is -1.03. The summed E-state index contributed by atoms with van der Waals surface area (Å²) < 4.78 is 0. The van der Waals surface area contributed by atoms with E-state index in [1.54, 1.807) is 48.5 Å². The van der Waals surface area contributed by atoms with E-state index in [-0.39, 0.29) is 11.1 Å². The lowest BCUT2D eigenvalue weighted by Crippen LogP contribution is -2.45. The van der Waals surface area contributed by atoms with Crippen molar-refractivity contribution in [2.45, 2.75) is 12.1 Å². The quantitative estimate of drug-likeness (QED) is 0.576. The number of anilines is 1. The largest absolute Gasteiger partial charge is 0.399 e. The fourth-order valence-corrected chi connectivity index (χ4v) is 2.75. The minimum absolute atomic E-state index is 0.278. The van der Waals surface area contributed by atoms with Gasteiger partial charge in [-0.05, 0) is 29.8 Å². The van der Waals surface area contributed by atoms with Crippen LogP contribution in [0.2, 0.25) is 0 Å². The van der Waals surface area contributed by atoms with Crippen LogP contribution in [0.4, 0.5) is 5.69 Å². The van der Waals surface area contributed by atoms with Gasteiger partial charge in [-0.15, -0.1) is 0 Å². The van der Waals surface area contributed by atoms with E-state index in [0.717, 1.165) is 4.90 Å². The fraction of sp³-hybridized carbons (Fsp3) is 0.176. The van der Waals surface area contributed by atoms with E-state index >= 15 is 0 Å². The SMILES string of the molecule is Nc1ccc(C(O)C(CO)N2C(=O)c3ccccc3C2=O)cc1. The van der Waals surface area contributed by atoms with Crippen molar-refractivity contribution in [3.8, 4) is 0 Å². The highest BCUT2D eigenvalue weighted by Gasteiger charge is 2.42. The molecule has 118 valence electrons. The third-order valence-corrected chi connectivity index (χ3v) is 3.99. The minimum Gasteiger partial charge on any atom is -0.399 e. The van der Waals surface area contributed by atoms with Crippen LogP contribution in [0.3, 0.4) is 0 Å². The lowest BCUT2D eigenvalue weighted by atomic mass is 10.0. The molecule has 1 heterocycles. The number of aliphatic hydroxyl groups excluding tert-OH is 2. The maximum absolute atomic E-state index is 12.5. The second kappa shape index (κ2) is 5.83. The molecule has 0 radical (unpaired) electrons. The number of carbonyl (C=O) groups excluding carboxylic acids is 2. The first-order valence-corrected chi connectivity index (χ1v) is 7.16. The van der Waals surface area contributed by atoms with Gasteiger partial charge >= 0.3 is 0 Å². The molecular formula is C17H16N2O4. The minimum atomic E-state index is -1.21. The average Bonchev–Trinajstić information content (AvgIpc) is 2.82. The molecule has 0 saturated carbocycles. The van der Waals surface area contributed by atoms with Crippen molar-refractivity contribution in [3.05, 3.63) is 65.2 Å². The number of amides is 2. The van der Waals surface area contributed by atoms with E-state index in [0.29, 0.717) is 11.3 Å². The molecule has 0 spiro atoms. The molecule has 6 nitrogen and oxygen atoms in total. The molecule has 0 aliphatic carbocycles. The van der Waals surface area contributed by atoms with Crippen molar-refractivity contribution < 1.29 is 19.8 Å². The van der Waals surface area contributed by atoms with Crippen molar-refractivity contribution in [1.29, 1.82) is 0 Å². The Hall–Kier alpha value is -2.70. The highest BCUT2D eigenvalue weighted by atomic mass is 16.3. The molecule has 0 aromatic heterocycles. The van der Waals surface area contributed by atoms with Gasteiger partial charge in [-0.2, -0.15) is 0 Å². The predicted molar refractivity (Wildman–Crippen MR) is 83.6 cm³/mol. The van der Waals surface area contributed by atoms with Crippen molar-refractivity contribution in [2.24, 2.45) is 0 Å². The number of hydrogen-bond donors (Lipinski definition) is 3. The van der Waals surface area contributed by atoms with Crippen molar-refractivity contribution in [2.75, 3.05) is 12.3 Å². The van der Waals surface area contributed by atoms with Crippen LogP contribution >= 0.6 is 0 Å². The van der Waals surface area contributed by atoms with Gasteiger partial charge < -0.3 is 15.9 Å². The highest BCUT2D eigenvalue weighted by molar-refractivity contribution is 6.21. The zero-order valence-electron chi connectivity index (χ0n) is 12.2. The van der Waals surface area contributed by atoms with Gasteiger partial charge in [-0.25, -0.2) is 0 Å². The second-order valence-electron chi connectivity index (χ2n) is 5.39. The summed E-state index contributed by atoms with van der Waals surface area (Å²) in [6.45, 7) is -0.545. The molecule has 0 bridgehead atoms. The number of fused-ring (bicyclic) bond motifs is 1. The molecule has 2 unspecified atom stereocenters. The summed E-state index contributed by atoms with van der Waals surface area (Å²) in [5, 5.41) is 20.2. The van der Waals surface area contributed by atoms with Crippen LogP contribution in [-0.2, 0) is 0 Å². The van der Waals surface area contributed by atoms with Crippen LogP contribution in [0.25, 0.3) is 0 Å². The Morgan fingerprint density at radius 3 is 1.96 bits per heavy atom. The monoisotopic (exact) mass is 312 g/mol. The number of nitrogens with two attached hydrogens (primary N) is 1. The Bertz CT molecular complexity index is 722. The van der Waals surface area contributed by atoms with E-state index in [1.165, 1.54) is 0 Å². The van der Waals surface area contributed by atoms with E-state index in [2.05, 4.69) is 0 Å². The molecule has 3 rings (SSSR count). The Balaban J connectivity index is 1.94. The van der Waals surface area contributed by atoms with Gasteiger partial charge in [0.15, 0.2) is 0 Å². The van der Waals surface area contributed by atoms with E-state index in [4.69, 9.17) is 5.73 Å². The molecule has 4 N–H and O–H groups in total. The molecule has 2 aromatic carbocycles. The van der Waals surface area contributed by atoms with Crippen molar-refractivity contribution in [3.63, 3.8) is 0 Å². The molecule has 0 saturated heterocycles. The van der Waals surface area contributed by atoms with E-state index in [1.807, 2.05) is 0 Å². The zero-order chi connectivity index (χ0) is 16.6. The van der Waals surface area contributed by atoms with Gasteiger partial charge in [-0.1, -0.05) is 24.3 Å². The van der Waals surface area contributed by atoms with Gasteiger partial charge in [-0.3, -0.25) is 14.5 Å². The highest BCUT2D eigenvalue weighted by Crippen LogP contribution is 2.30. The van der Waals surface area contributed by atoms with Crippen LogP contribution in [0.5, 0.6) is 0 Å². The summed E-state index contributed by atoms with van der Waals surface area (Å²) in [6, 6.07) is 11.8. The molecular weight excluding hydrogens is 296 g/mol. The number of imide groups is 1. The fourth-order valence-electron chi connectivity index (χ4n) is 2.75. The van der Waals surface area contributed by atoms with Gasteiger partial charge in [0.05, 0.1) is 23.8 Å². The number of carbonyl (C=O) groups is 2. The van der Waals surface area contributed by atoms with Crippen LogP contribution in [0.15, 0.2) is 48.5 Å². The first-order chi connectivity index (χ1) is 11.0. The molecule has 23 heavy (non-hydrogen) atoms. The third-order valence-electron chi connectivity index (χ3n) is 3.99. The summed E-state index contributed by atoms with van der Waals surface area (Å²) in [4.78, 5) is 25.8. The zero-order valence-corrected chi connectivity index (χ0v) is 12.2. The second-order valence-corrected chi connectivity index (χ2v) is 5.39. The molecule has 6 heteroatoms. The van der Waals surface area contributed by atoms with E-state index < -0.39 is 30.6 Å². The Labute approximate surface area is 132 Å². The molecule has 1 aliphatic heterocycles. The van der Waals surface area contributed by atoms with Gasteiger partial charge in [0.2, 0.25) is 0 Å². The number of aliphatic hydroxyl groups is 2. The Morgan fingerprint density at radius 1 is 0.957 bits per heavy atom. The van der Waals surface area contributed by atoms with Gasteiger partial charge in [0, 0.05) is 5.69 Å². The Kier molecular flexibility index (Phi) is 3.85. The van der Waals surface area contributed by atoms with Crippen LogP contribution < -0.4 is 5.73 Å². The van der Waals surface area contributed by atoms with Gasteiger partial charge in [0.25, 0.3) is 11.8 Å². The number of nitrogens with zero attached hydrogens (tertiary/aromatic N) is 1. The topological polar surface area (TPSA) is 104 Å². The summed E-state index contributed by atoms with van der Waals surface area (Å²) in [5.41, 5.74) is 7.16. The number of nitrogen functional groups attached to an aromatic ring is 1. The van der Waals surface area contributed by atoms with Crippen LogP contribution in [0.1, 0.15) is 32.4 Å². The first-order valence-electron chi connectivity index (χ1n) is 7.16. The maximum Gasteiger partial charge on any atom is 0.261 e. The molecule has 2 amide bonds. The predicted octanol–water partition coefficient (Wildman–Crippen LogP) is 0.959. The summed E-state index contributed by atoms with van der Waals surface area (Å²) in [6.07, 6.45) is -1.21. The lowest BCUT2D eigenvalue weighted by Gasteiger charge is -2.29. The normalized spacial score (nSPS) is 16.3. The smallest absolute Gasteiger partial charge is 0.261 e. The first kappa shape index (κ1) is 15.2. The number of benzene rings is 2. The molecule has 0 fully saturated rings. The Morgan fingerprint density at radius 2 is 1.48 bits per heavy atom. The maximum atomic E-state index is 12.5. The number of rotatable bonds is 4. The molecule has 2 atom stereocenters. The number of hydrogen-bond acceptors (Lipinski definition) is 5. The van der Waals surface area contributed by atoms with E-state index in [9.17, 15) is 19.8 Å². The summed E-state index contributed by atoms with van der Waals surface area (Å²) >= 11 is 0. The van der Waals surface area contributed by atoms with Crippen molar-refractivity contribution in [1.82, 2.24) is 4.90 Å². The van der Waals surface area contributed by atoms with Crippen LogP contribution in [-0.4, -0.2) is 39.6 Å². The standard InChI is InChI=1S/C17H16N2O4/c18-11-7-5-10(6-8-11)15(21)14(9-20)19-16(22)12-3-1-2-4-13(12)17(19)23/h1-8,14-15,20-21H,9,18H2. The lowest BCUT2D eigenvalue weighted by molar-refractivity contribution is 0.0172. The van der Waals surface area contributed by atoms with Crippen LogP contribution in [0, 0.1) is 0 Å².